The van der Waals surface area contributed by atoms with E-state index in [1.165, 1.54) is 24.5 Å². The SMILES string of the molecule is Cc1cc(-c2ncc(CNC(=O)c3ncc(-c4ncccc4F)s3)cc2C)ccn1. The molecule has 30 heavy (non-hydrogen) atoms. The zero-order valence-corrected chi connectivity index (χ0v) is 17.2. The summed E-state index contributed by atoms with van der Waals surface area (Å²) in [6.45, 7) is 4.24. The maximum atomic E-state index is 13.9. The highest BCUT2D eigenvalue weighted by molar-refractivity contribution is 7.16. The van der Waals surface area contributed by atoms with E-state index in [4.69, 9.17) is 0 Å². The monoisotopic (exact) mass is 419 g/mol. The van der Waals surface area contributed by atoms with Crippen LogP contribution < -0.4 is 5.32 Å². The molecule has 0 aromatic carbocycles. The summed E-state index contributed by atoms with van der Waals surface area (Å²) in [5, 5.41) is 3.09. The van der Waals surface area contributed by atoms with Gasteiger partial charge in [0.25, 0.3) is 5.91 Å². The molecule has 0 aliphatic heterocycles. The Morgan fingerprint density at radius 1 is 1.03 bits per heavy atom. The van der Waals surface area contributed by atoms with Crippen LogP contribution in [0.2, 0.25) is 0 Å². The van der Waals surface area contributed by atoms with Crippen LogP contribution in [0.3, 0.4) is 0 Å². The van der Waals surface area contributed by atoms with Gasteiger partial charge in [0.1, 0.15) is 11.5 Å². The number of pyridine rings is 3. The molecule has 4 aromatic heterocycles. The van der Waals surface area contributed by atoms with Crippen molar-refractivity contribution in [1.29, 1.82) is 0 Å². The van der Waals surface area contributed by atoms with Crippen molar-refractivity contribution >= 4 is 17.2 Å². The fraction of sp³-hybridized carbons (Fsp3) is 0.136. The smallest absolute Gasteiger partial charge is 0.280 e. The predicted molar refractivity (Wildman–Crippen MR) is 113 cm³/mol. The predicted octanol–water partition coefficient (Wildman–Crippen LogP) is 4.35. The number of carbonyl (C=O) groups is 1. The zero-order chi connectivity index (χ0) is 21.1. The summed E-state index contributed by atoms with van der Waals surface area (Å²) in [4.78, 5) is 29.8. The lowest BCUT2D eigenvalue weighted by molar-refractivity contribution is 0.0950. The molecule has 4 aromatic rings. The molecule has 6 nitrogen and oxygen atoms in total. The highest BCUT2D eigenvalue weighted by Crippen LogP contribution is 2.26. The lowest BCUT2D eigenvalue weighted by Gasteiger charge is -2.09. The fourth-order valence-corrected chi connectivity index (χ4v) is 3.87. The van der Waals surface area contributed by atoms with E-state index in [1.54, 1.807) is 12.4 Å². The Bertz CT molecular complexity index is 1220. The van der Waals surface area contributed by atoms with Crippen LogP contribution in [-0.4, -0.2) is 25.8 Å². The molecule has 8 heteroatoms. The molecule has 0 spiro atoms. The summed E-state index contributed by atoms with van der Waals surface area (Å²) in [7, 11) is 0. The van der Waals surface area contributed by atoms with E-state index >= 15 is 0 Å². The normalized spacial score (nSPS) is 10.8. The summed E-state index contributed by atoms with van der Waals surface area (Å²) < 4.78 is 13.9. The Kier molecular flexibility index (Phi) is 5.58. The summed E-state index contributed by atoms with van der Waals surface area (Å²) >= 11 is 1.10. The maximum absolute atomic E-state index is 13.9. The highest BCUT2D eigenvalue weighted by atomic mass is 32.1. The summed E-state index contributed by atoms with van der Waals surface area (Å²) in [6.07, 6.45) is 6.47. The highest BCUT2D eigenvalue weighted by Gasteiger charge is 2.15. The van der Waals surface area contributed by atoms with Gasteiger partial charge in [0.2, 0.25) is 0 Å². The van der Waals surface area contributed by atoms with Crippen LogP contribution in [0.4, 0.5) is 4.39 Å². The first kappa shape index (κ1) is 19.8. The van der Waals surface area contributed by atoms with Crippen LogP contribution in [0, 0.1) is 19.7 Å². The second-order valence-corrected chi connectivity index (χ2v) is 7.77. The van der Waals surface area contributed by atoms with Crippen LogP contribution in [0.1, 0.15) is 26.6 Å². The van der Waals surface area contributed by atoms with Crippen LogP contribution in [0.5, 0.6) is 0 Å². The van der Waals surface area contributed by atoms with Gasteiger partial charge in [0.15, 0.2) is 5.01 Å². The summed E-state index contributed by atoms with van der Waals surface area (Å²) in [5.41, 5.74) is 4.90. The Labute approximate surface area is 176 Å². The molecule has 1 N–H and O–H groups in total. The van der Waals surface area contributed by atoms with Gasteiger partial charge < -0.3 is 5.32 Å². The number of amides is 1. The van der Waals surface area contributed by atoms with Crippen molar-refractivity contribution in [2.24, 2.45) is 0 Å². The molecule has 0 bridgehead atoms. The Hall–Kier alpha value is -3.52. The molecule has 0 aliphatic rings. The van der Waals surface area contributed by atoms with E-state index in [0.717, 1.165) is 39.4 Å². The van der Waals surface area contributed by atoms with E-state index in [9.17, 15) is 9.18 Å². The maximum Gasteiger partial charge on any atom is 0.280 e. The molecular weight excluding hydrogens is 401 g/mol. The van der Waals surface area contributed by atoms with Crippen molar-refractivity contribution in [1.82, 2.24) is 25.3 Å². The molecule has 0 atom stereocenters. The van der Waals surface area contributed by atoms with Gasteiger partial charge >= 0.3 is 0 Å². The van der Waals surface area contributed by atoms with E-state index in [2.05, 4.69) is 25.3 Å². The second-order valence-electron chi connectivity index (χ2n) is 6.74. The third-order valence-electron chi connectivity index (χ3n) is 4.45. The van der Waals surface area contributed by atoms with Gasteiger partial charge in [-0.15, -0.1) is 11.3 Å². The van der Waals surface area contributed by atoms with Gasteiger partial charge in [-0.1, -0.05) is 6.07 Å². The molecule has 0 saturated carbocycles. The molecule has 0 unspecified atom stereocenters. The van der Waals surface area contributed by atoms with E-state index in [1.807, 2.05) is 32.0 Å². The summed E-state index contributed by atoms with van der Waals surface area (Å²) in [5.74, 6) is -0.770. The molecule has 0 aliphatic carbocycles. The number of aromatic nitrogens is 4. The first-order chi connectivity index (χ1) is 14.5. The van der Waals surface area contributed by atoms with Crippen LogP contribution >= 0.6 is 11.3 Å². The quantitative estimate of drug-likeness (QED) is 0.520. The fourth-order valence-electron chi connectivity index (χ4n) is 3.04. The van der Waals surface area contributed by atoms with Crippen molar-refractivity contribution in [3.05, 3.63) is 82.8 Å². The number of halogens is 1. The Balaban J connectivity index is 1.44. The first-order valence-corrected chi connectivity index (χ1v) is 10.1. The largest absolute Gasteiger partial charge is 0.346 e. The standard InChI is InChI=1S/C22H18FN5OS/c1-13-8-15(10-26-19(13)16-5-7-24-14(2)9-16)11-27-21(29)22-28-12-18(30-22)20-17(23)4-3-6-25-20/h3-10,12H,11H2,1-2H3,(H,27,29). The van der Waals surface area contributed by atoms with Crippen molar-refractivity contribution in [3.63, 3.8) is 0 Å². The number of aryl methyl sites for hydroxylation is 2. The second kappa shape index (κ2) is 8.46. The number of nitrogens with zero attached hydrogens (tertiary/aromatic N) is 4. The van der Waals surface area contributed by atoms with Crippen LogP contribution in [-0.2, 0) is 6.54 Å². The molecule has 0 radical (unpaired) electrons. The molecule has 0 fully saturated rings. The minimum atomic E-state index is -0.445. The number of carbonyl (C=O) groups excluding carboxylic acids is 1. The molecule has 0 saturated heterocycles. The molecular formula is C22H18FN5OS. The molecule has 1 amide bonds. The number of rotatable bonds is 5. The van der Waals surface area contributed by atoms with Crippen LogP contribution in [0.25, 0.3) is 21.8 Å². The zero-order valence-electron chi connectivity index (χ0n) is 16.4. The van der Waals surface area contributed by atoms with Gasteiger partial charge in [-0.05, 0) is 49.2 Å². The van der Waals surface area contributed by atoms with E-state index in [-0.39, 0.29) is 16.6 Å². The van der Waals surface area contributed by atoms with E-state index in [0.29, 0.717) is 11.4 Å². The number of nitrogens with one attached hydrogen (secondary N) is 1. The number of hydrogen-bond donors (Lipinski definition) is 1. The third kappa shape index (κ3) is 4.23. The lowest BCUT2D eigenvalue weighted by Crippen LogP contribution is -2.22. The average molecular weight is 419 g/mol. The molecule has 4 rings (SSSR count). The van der Waals surface area contributed by atoms with Crippen LogP contribution in [0.15, 0.2) is 55.1 Å². The van der Waals surface area contributed by atoms with Gasteiger partial charge in [0.05, 0.1) is 10.6 Å². The minimum absolute atomic E-state index is 0.191. The summed E-state index contributed by atoms with van der Waals surface area (Å²) in [6, 6.07) is 8.75. The topological polar surface area (TPSA) is 80.7 Å². The van der Waals surface area contributed by atoms with Crippen molar-refractivity contribution in [3.8, 4) is 21.8 Å². The van der Waals surface area contributed by atoms with Crippen molar-refractivity contribution in [2.45, 2.75) is 20.4 Å². The van der Waals surface area contributed by atoms with Crippen molar-refractivity contribution < 1.29 is 9.18 Å². The lowest BCUT2D eigenvalue weighted by atomic mass is 10.1. The van der Waals surface area contributed by atoms with Gasteiger partial charge in [-0.2, -0.15) is 0 Å². The van der Waals surface area contributed by atoms with Gasteiger partial charge in [-0.3, -0.25) is 19.7 Å². The first-order valence-electron chi connectivity index (χ1n) is 9.25. The molecule has 4 heterocycles. The van der Waals surface area contributed by atoms with E-state index < -0.39 is 5.82 Å². The third-order valence-corrected chi connectivity index (χ3v) is 5.45. The number of hydrogen-bond acceptors (Lipinski definition) is 6. The number of thiazole rings is 1. The average Bonchev–Trinajstić information content (AvgIpc) is 3.22. The van der Waals surface area contributed by atoms with Gasteiger partial charge in [0, 0.05) is 42.6 Å². The van der Waals surface area contributed by atoms with Gasteiger partial charge in [-0.25, -0.2) is 9.37 Å². The minimum Gasteiger partial charge on any atom is -0.346 e. The van der Waals surface area contributed by atoms with Crippen molar-refractivity contribution in [2.75, 3.05) is 0 Å². The Morgan fingerprint density at radius 3 is 2.67 bits per heavy atom. The molecule has 150 valence electrons. The Morgan fingerprint density at radius 2 is 1.90 bits per heavy atom.